The number of carboxylic acids is 1. The van der Waals surface area contributed by atoms with Crippen molar-refractivity contribution in [3.8, 4) is 0 Å². The molecule has 0 saturated carbocycles. The number of hydrogen-bond donors (Lipinski definition) is 1. The van der Waals surface area contributed by atoms with Crippen molar-refractivity contribution >= 4 is 5.97 Å². The quantitative estimate of drug-likeness (QED) is 0.553. The van der Waals surface area contributed by atoms with Gasteiger partial charge >= 0.3 is 5.97 Å². The molecule has 0 spiro atoms. The molecule has 2 heteroatoms. The van der Waals surface area contributed by atoms with Crippen LogP contribution in [0.5, 0.6) is 0 Å². The molecule has 0 bridgehead atoms. The monoisotopic (exact) mass is 390 g/mol. The highest BCUT2D eigenvalue weighted by molar-refractivity contribution is 5.87. The van der Waals surface area contributed by atoms with Gasteiger partial charge in [0.15, 0.2) is 0 Å². The largest absolute Gasteiger partial charge is 0.478 e. The number of rotatable bonds is 5. The zero-order valence-corrected chi connectivity index (χ0v) is 15.5. The van der Waals surface area contributed by atoms with Crippen LogP contribution in [-0.2, 0) is 0 Å². The Labute approximate surface area is 176 Å². The lowest BCUT2D eigenvalue weighted by atomic mass is 9.98. The summed E-state index contributed by atoms with van der Waals surface area (Å²) in [6.45, 7) is 10.9. The third-order valence-electron chi connectivity index (χ3n) is 4.60. The molecule has 0 amide bonds. The van der Waals surface area contributed by atoms with Gasteiger partial charge in [-0.3, -0.25) is 0 Å². The molecular weight excluding hydrogens is 344 g/mol. The second-order valence-corrected chi connectivity index (χ2v) is 6.46. The van der Waals surface area contributed by atoms with E-state index in [9.17, 15) is 4.79 Å². The summed E-state index contributed by atoms with van der Waals surface area (Å²) in [5.41, 5.74) is 4.36. The van der Waals surface area contributed by atoms with Gasteiger partial charge in [-0.2, -0.15) is 0 Å². The molecule has 162 valence electrons. The first-order valence-corrected chi connectivity index (χ1v) is 8.78. The minimum atomic E-state index is -0.865. The lowest BCUT2D eigenvalue weighted by molar-refractivity contribution is 0.0697. The molecule has 2 unspecified atom stereocenters. The van der Waals surface area contributed by atoms with Crippen molar-refractivity contribution in [1.82, 2.24) is 0 Å². The smallest absolute Gasteiger partial charge is 0.335 e. The van der Waals surface area contributed by atoms with Crippen LogP contribution in [0.1, 0.15) is 109 Å². The Morgan fingerprint density at radius 3 is 1.36 bits per heavy atom. The number of carboxylic acid groups (broad SMARTS) is 1. The van der Waals surface area contributed by atoms with Gasteiger partial charge in [0.1, 0.15) is 0 Å². The predicted molar refractivity (Wildman–Crippen MR) is 129 cm³/mol. The second-order valence-electron chi connectivity index (χ2n) is 6.46. The van der Waals surface area contributed by atoms with E-state index in [0.29, 0.717) is 17.4 Å². The number of aromatic carboxylic acids is 1. The molecule has 28 heavy (non-hydrogen) atoms. The number of carbonyl (C=O) groups is 1. The van der Waals surface area contributed by atoms with E-state index in [2.05, 4.69) is 58.9 Å². The van der Waals surface area contributed by atoms with Gasteiger partial charge in [-0.1, -0.05) is 99.4 Å². The molecule has 2 aromatic rings. The van der Waals surface area contributed by atoms with Crippen molar-refractivity contribution in [3.05, 3.63) is 70.8 Å². The normalized spacial score (nSPS) is 10.9. The summed E-state index contributed by atoms with van der Waals surface area (Å²) in [6, 6.07) is 15.9. The minimum Gasteiger partial charge on any atom is -0.478 e. The van der Waals surface area contributed by atoms with Crippen LogP contribution in [0.15, 0.2) is 48.5 Å². The molecule has 2 atom stereocenters. The first-order valence-electron chi connectivity index (χ1n) is 8.78. The lowest BCUT2D eigenvalue weighted by Crippen LogP contribution is -1.97. The van der Waals surface area contributed by atoms with Gasteiger partial charge in [0.05, 0.1) is 5.56 Å². The van der Waals surface area contributed by atoms with Gasteiger partial charge in [-0.05, 0) is 54.9 Å². The van der Waals surface area contributed by atoms with Gasteiger partial charge in [0, 0.05) is 0 Å². The Morgan fingerprint density at radius 2 is 1.07 bits per heavy atom. The van der Waals surface area contributed by atoms with Gasteiger partial charge < -0.3 is 5.11 Å². The van der Waals surface area contributed by atoms with E-state index in [1.54, 1.807) is 12.1 Å². The van der Waals surface area contributed by atoms with Crippen molar-refractivity contribution in [3.63, 3.8) is 0 Å². The molecule has 0 radical (unpaired) electrons. The molecule has 2 rings (SSSR count). The molecule has 0 aromatic heterocycles. The summed E-state index contributed by atoms with van der Waals surface area (Å²) >= 11 is 0. The zero-order valence-electron chi connectivity index (χ0n) is 15.5. The number of hydrogen-bond acceptors (Lipinski definition) is 1. The Morgan fingerprint density at radius 1 is 0.750 bits per heavy atom. The highest BCUT2D eigenvalue weighted by atomic mass is 16.4. The average Bonchev–Trinajstić information content (AvgIpc) is 2.61. The van der Waals surface area contributed by atoms with Gasteiger partial charge in [0.25, 0.3) is 0 Å². The summed E-state index contributed by atoms with van der Waals surface area (Å²) in [4.78, 5) is 10.6. The van der Waals surface area contributed by atoms with E-state index >= 15 is 0 Å². The molecule has 0 aliphatic carbocycles. The maximum atomic E-state index is 10.6. The van der Waals surface area contributed by atoms with Crippen molar-refractivity contribution in [1.29, 1.82) is 0 Å². The average molecular weight is 391 g/mol. The standard InChI is InChI=1S/C11H14O2.C11H16.4CH4/c1-3-8(2)9-4-6-10(7-5-9)11(12)13;1-4-10(3)11-7-5-9(2)6-8-11;;;;/h4-8H,3H2,1-2H3,(H,12,13);5-8,10H,4H2,1-3H3;4*1H4. The van der Waals surface area contributed by atoms with Crippen molar-refractivity contribution in [2.75, 3.05) is 0 Å². The molecule has 0 fully saturated rings. The first kappa shape index (κ1) is 33.5. The summed E-state index contributed by atoms with van der Waals surface area (Å²) in [6.07, 6.45) is 2.30. The van der Waals surface area contributed by atoms with Crippen molar-refractivity contribution in [2.45, 2.75) is 89.0 Å². The SMILES string of the molecule is C.C.C.C.CCC(C)c1ccc(C(=O)O)cc1.CCC(C)c1ccc(C)cc1. The maximum Gasteiger partial charge on any atom is 0.335 e. The maximum absolute atomic E-state index is 10.6. The highest BCUT2D eigenvalue weighted by Crippen LogP contribution is 2.19. The molecule has 0 aliphatic rings. The van der Waals surface area contributed by atoms with Crippen molar-refractivity contribution < 1.29 is 9.90 Å². The Hall–Kier alpha value is -2.09. The number of aryl methyl sites for hydroxylation is 1. The summed E-state index contributed by atoms with van der Waals surface area (Å²) in [5, 5.41) is 8.67. The van der Waals surface area contributed by atoms with Gasteiger partial charge in [0.2, 0.25) is 0 Å². The third kappa shape index (κ3) is 10.9. The van der Waals surface area contributed by atoms with E-state index < -0.39 is 5.97 Å². The van der Waals surface area contributed by atoms with Crippen molar-refractivity contribution in [2.24, 2.45) is 0 Å². The van der Waals surface area contributed by atoms with Gasteiger partial charge in [-0.15, -0.1) is 0 Å². The molecule has 0 aliphatic heterocycles. The summed E-state index contributed by atoms with van der Waals surface area (Å²) in [5.74, 6) is 0.342. The fourth-order valence-corrected chi connectivity index (χ4v) is 2.32. The lowest BCUT2D eigenvalue weighted by Gasteiger charge is -2.08. The Kier molecular flexibility index (Phi) is 20.4. The second kappa shape index (κ2) is 17.0. The van der Waals surface area contributed by atoms with Gasteiger partial charge in [-0.25, -0.2) is 4.79 Å². The number of benzene rings is 2. The predicted octanol–water partition coefficient (Wildman–Crippen LogP) is 8.95. The first-order chi connectivity index (χ1) is 11.4. The Bertz CT molecular complexity index is 612. The van der Waals surface area contributed by atoms with Crippen LogP contribution in [0.4, 0.5) is 0 Å². The van der Waals surface area contributed by atoms with Crippen LogP contribution in [0.3, 0.4) is 0 Å². The van der Waals surface area contributed by atoms with Crippen LogP contribution in [0.2, 0.25) is 0 Å². The van der Waals surface area contributed by atoms with Crippen LogP contribution in [0, 0.1) is 6.92 Å². The third-order valence-corrected chi connectivity index (χ3v) is 4.60. The molecule has 2 aromatic carbocycles. The molecular formula is C26H46O2. The van der Waals surface area contributed by atoms with E-state index in [1.165, 1.54) is 23.1 Å². The van der Waals surface area contributed by atoms with E-state index in [1.807, 2.05) is 12.1 Å². The minimum absolute atomic E-state index is 0. The Balaban J connectivity index is -0.000000182. The highest BCUT2D eigenvalue weighted by Gasteiger charge is 2.05. The topological polar surface area (TPSA) is 37.3 Å². The van der Waals surface area contributed by atoms with Crippen LogP contribution >= 0.6 is 0 Å². The summed E-state index contributed by atoms with van der Waals surface area (Å²) in [7, 11) is 0. The van der Waals surface area contributed by atoms with Crippen LogP contribution in [-0.4, -0.2) is 11.1 Å². The molecule has 1 N–H and O–H groups in total. The molecule has 0 saturated heterocycles. The molecule has 0 heterocycles. The van der Waals surface area contributed by atoms with Crippen LogP contribution in [0.25, 0.3) is 0 Å². The van der Waals surface area contributed by atoms with E-state index in [-0.39, 0.29) is 29.7 Å². The fourth-order valence-electron chi connectivity index (χ4n) is 2.32. The van der Waals surface area contributed by atoms with Crippen LogP contribution < -0.4 is 0 Å². The van der Waals surface area contributed by atoms with E-state index in [0.717, 1.165) is 6.42 Å². The zero-order chi connectivity index (χ0) is 18.1. The fraction of sp³-hybridized carbons (Fsp3) is 0.500. The molecule has 2 nitrogen and oxygen atoms in total. The summed E-state index contributed by atoms with van der Waals surface area (Å²) < 4.78 is 0. The van der Waals surface area contributed by atoms with E-state index in [4.69, 9.17) is 5.11 Å².